The first-order valence-electron chi connectivity index (χ1n) is 4.95. The molecule has 1 heterocycles. The van der Waals surface area contributed by atoms with Crippen molar-refractivity contribution >= 4 is 44.6 Å². The number of nitrogens with zero attached hydrogens (tertiary/aromatic N) is 1. The monoisotopic (exact) mass is 281 g/mol. The number of hydrogen-bond donors (Lipinski definition) is 2. The highest BCUT2D eigenvalue weighted by molar-refractivity contribution is 7.86. The lowest BCUT2D eigenvalue weighted by Gasteiger charge is -2.03. The first-order chi connectivity index (χ1) is 8.47. The molecule has 0 aliphatic heterocycles. The van der Waals surface area contributed by atoms with Gasteiger partial charge in [0.1, 0.15) is 10.4 Å². The minimum absolute atomic E-state index is 0.148. The molecule has 0 atom stereocenters. The van der Waals surface area contributed by atoms with Crippen molar-refractivity contribution in [1.82, 2.24) is 4.98 Å². The Morgan fingerprint density at radius 3 is 2.67 bits per heavy atom. The lowest BCUT2D eigenvalue weighted by molar-refractivity contribution is 0.484. The van der Waals surface area contributed by atoms with Crippen LogP contribution in [0.3, 0.4) is 0 Å². The fourth-order valence-corrected chi connectivity index (χ4v) is 2.84. The van der Waals surface area contributed by atoms with Crippen LogP contribution in [0, 0.1) is 0 Å². The summed E-state index contributed by atoms with van der Waals surface area (Å²) in [6.07, 6.45) is 0. The summed E-state index contributed by atoms with van der Waals surface area (Å²) in [5.74, 6) is 0. The Morgan fingerprint density at radius 2 is 1.94 bits per heavy atom. The van der Waals surface area contributed by atoms with Crippen LogP contribution < -0.4 is 0 Å². The molecule has 2 aromatic carbocycles. The van der Waals surface area contributed by atoms with Gasteiger partial charge in [0.2, 0.25) is 0 Å². The van der Waals surface area contributed by atoms with Crippen LogP contribution in [0.15, 0.2) is 44.9 Å². The fraction of sp³-hybridized carbons (Fsp3) is 0. The first kappa shape index (κ1) is 11.5. The summed E-state index contributed by atoms with van der Waals surface area (Å²) in [7, 11) is -4.27. The van der Waals surface area contributed by atoms with Gasteiger partial charge in [-0.15, -0.1) is 0 Å². The Hall–Kier alpha value is -1.57. The molecule has 1 aromatic heterocycles. The van der Waals surface area contributed by atoms with E-state index in [0.29, 0.717) is 21.9 Å². The maximum Gasteiger partial charge on any atom is 0.295 e. The number of hydrogen-bond acceptors (Lipinski definition) is 5. The number of fused-ring (bicyclic) bond motifs is 3. The lowest BCUT2D eigenvalue weighted by Crippen LogP contribution is -1.98. The van der Waals surface area contributed by atoms with Crippen molar-refractivity contribution in [3.05, 3.63) is 30.3 Å². The minimum atomic E-state index is -4.27. The summed E-state index contributed by atoms with van der Waals surface area (Å²) in [5, 5.41) is 1.19. The van der Waals surface area contributed by atoms with Crippen molar-refractivity contribution in [2.75, 3.05) is 0 Å². The molecular formula is C11H7NO4S2. The second kappa shape index (κ2) is 3.71. The van der Waals surface area contributed by atoms with Crippen LogP contribution >= 0.6 is 12.6 Å². The number of benzene rings is 2. The fourth-order valence-electron chi connectivity index (χ4n) is 1.93. The van der Waals surface area contributed by atoms with E-state index in [1.807, 2.05) is 0 Å². The molecule has 7 heteroatoms. The van der Waals surface area contributed by atoms with Gasteiger partial charge in [-0.05, 0) is 18.2 Å². The molecule has 0 spiro atoms. The van der Waals surface area contributed by atoms with Crippen molar-refractivity contribution in [3.63, 3.8) is 0 Å². The van der Waals surface area contributed by atoms with E-state index in [9.17, 15) is 13.0 Å². The summed E-state index contributed by atoms with van der Waals surface area (Å²) >= 11 is 4.01. The predicted molar refractivity (Wildman–Crippen MR) is 68.6 cm³/mol. The van der Waals surface area contributed by atoms with Gasteiger partial charge < -0.3 is 4.42 Å². The van der Waals surface area contributed by atoms with E-state index >= 15 is 0 Å². The molecule has 0 saturated carbocycles. The van der Waals surface area contributed by atoms with Crippen LogP contribution in [0.1, 0.15) is 0 Å². The molecule has 0 aliphatic carbocycles. The summed E-state index contributed by atoms with van der Waals surface area (Å²) in [6, 6.07) is 7.75. The zero-order chi connectivity index (χ0) is 12.9. The summed E-state index contributed by atoms with van der Waals surface area (Å²) in [5.41, 5.74) is 1.03. The van der Waals surface area contributed by atoms with Crippen molar-refractivity contribution in [3.8, 4) is 0 Å². The van der Waals surface area contributed by atoms with Gasteiger partial charge in [0.15, 0.2) is 5.58 Å². The van der Waals surface area contributed by atoms with Gasteiger partial charge in [-0.2, -0.15) is 8.42 Å². The van der Waals surface area contributed by atoms with Crippen LogP contribution in [0.5, 0.6) is 0 Å². The molecular weight excluding hydrogens is 274 g/mol. The number of thiol groups is 1. The zero-order valence-corrected chi connectivity index (χ0v) is 10.6. The van der Waals surface area contributed by atoms with Crippen molar-refractivity contribution < 1.29 is 17.4 Å². The summed E-state index contributed by atoms with van der Waals surface area (Å²) in [6.45, 7) is 0. The highest BCUT2D eigenvalue weighted by atomic mass is 32.2. The van der Waals surface area contributed by atoms with Gasteiger partial charge in [0.05, 0.1) is 0 Å². The Bertz CT molecular complexity index is 867. The molecule has 0 radical (unpaired) electrons. The molecule has 0 unspecified atom stereocenters. The molecule has 0 bridgehead atoms. The minimum Gasteiger partial charge on any atom is -0.432 e. The lowest BCUT2D eigenvalue weighted by atomic mass is 10.1. The van der Waals surface area contributed by atoms with Gasteiger partial charge >= 0.3 is 0 Å². The molecule has 5 nitrogen and oxygen atoms in total. The zero-order valence-electron chi connectivity index (χ0n) is 8.86. The Labute approximate surface area is 108 Å². The van der Waals surface area contributed by atoms with Crippen LogP contribution in [0.25, 0.3) is 21.9 Å². The van der Waals surface area contributed by atoms with Gasteiger partial charge in [-0.1, -0.05) is 24.8 Å². The molecule has 0 saturated heterocycles. The number of aromatic nitrogens is 1. The van der Waals surface area contributed by atoms with Crippen LogP contribution in [0.2, 0.25) is 0 Å². The molecule has 0 aliphatic rings. The summed E-state index contributed by atoms with van der Waals surface area (Å²) < 4.78 is 37.0. The molecule has 3 aromatic rings. The van der Waals surface area contributed by atoms with Crippen LogP contribution in [-0.4, -0.2) is 18.0 Å². The van der Waals surface area contributed by atoms with E-state index in [1.54, 1.807) is 18.2 Å². The van der Waals surface area contributed by atoms with E-state index < -0.39 is 10.1 Å². The number of rotatable bonds is 1. The van der Waals surface area contributed by atoms with Gasteiger partial charge in [0.25, 0.3) is 15.3 Å². The Morgan fingerprint density at radius 1 is 1.17 bits per heavy atom. The van der Waals surface area contributed by atoms with E-state index in [0.717, 1.165) is 0 Å². The standard InChI is InChI=1S/C11H7NO4S2/c13-18(14,15)9-3-1-2-7-6(9)4-5-8-10(7)12-11(17)16-8/h1-5H,(H,12,17)(H,13,14,15). The second-order valence-electron chi connectivity index (χ2n) is 3.74. The van der Waals surface area contributed by atoms with E-state index in [1.165, 1.54) is 12.1 Å². The van der Waals surface area contributed by atoms with Crippen molar-refractivity contribution in [2.45, 2.75) is 10.1 Å². The van der Waals surface area contributed by atoms with E-state index in [2.05, 4.69) is 17.6 Å². The third-order valence-corrected chi connectivity index (χ3v) is 3.75. The first-order valence-corrected chi connectivity index (χ1v) is 6.84. The average molecular weight is 281 g/mol. The van der Waals surface area contributed by atoms with Gasteiger partial charge in [-0.25, -0.2) is 4.98 Å². The maximum atomic E-state index is 11.3. The highest BCUT2D eigenvalue weighted by Crippen LogP contribution is 2.30. The van der Waals surface area contributed by atoms with Crippen molar-refractivity contribution in [2.24, 2.45) is 0 Å². The average Bonchev–Trinajstić information content (AvgIpc) is 2.67. The largest absolute Gasteiger partial charge is 0.432 e. The Balaban J connectivity index is 2.54. The molecule has 3 rings (SSSR count). The predicted octanol–water partition coefficient (Wildman–Crippen LogP) is 2.52. The molecule has 92 valence electrons. The Kier molecular flexibility index (Phi) is 2.37. The topological polar surface area (TPSA) is 80.4 Å². The quantitative estimate of drug-likeness (QED) is 0.529. The third-order valence-electron chi connectivity index (χ3n) is 2.64. The van der Waals surface area contributed by atoms with Crippen LogP contribution in [-0.2, 0) is 10.1 Å². The third kappa shape index (κ3) is 1.67. The molecule has 0 amide bonds. The molecule has 18 heavy (non-hydrogen) atoms. The van der Waals surface area contributed by atoms with Crippen molar-refractivity contribution in [1.29, 1.82) is 0 Å². The number of oxazole rings is 1. The smallest absolute Gasteiger partial charge is 0.295 e. The van der Waals surface area contributed by atoms with Crippen LogP contribution in [0.4, 0.5) is 0 Å². The van der Waals surface area contributed by atoms with Gasteiger partial charge in [-0.3, -0.25) is 4.55 Å². The molecule has 1 N–H and O–H groups in total. The van der Waals surface area contributed by atoms with E-state index in [-0.39, 0.29) is 10.1 Å². The molecule has 0 fully saturated rings. The van der Waals surface area contributed by atoms with E-state index in [4.69, 9.17) is 4.42 Å². The maximum absolute atomic E-state index is 11.3. The second-order valence-corrected chi connectivity index (χ2v) is 5.51. The highest BCUT2D eigenvalue weighted by Gasteiger charge is 2.16. The normalized spacial score (nSPS) is 12.3. The van der Waals surface area contributed by atoms with Gasteiger partial charge in [0, 0.05) is 10.8 Å². The SMILES string of the molecule is O=S(=O)(O)c1cccc2c1ccc1oc(S)nc12. The summed E-state index contributed by atoms with van der Waals surface area (Å²) in [4.78, 5) is 3.94.